The van der Waals surface area contributed by atoms with E-state index in [2.05, 4.69) is 91.6 Å². The van der Waals surface area contributed by atoms with Crippen LogP contribution in [0.25, 0.3) is 9.69 Å². The van der Waals surface area contributed by atoms with Crippen LogP contribution in [-0.2, 0) is 19.6 Å². The first-order valence-corrected chi connectivity index (χ1v) is 20.5. The molecule has 0 saturated heterocycles. The van der Waals surface area contributed by atoms with Crippen molar-refractivity contribution in [1.29, 1.82) is 0 Å². The summed E-state index contributed by atoms with van der Waals surface area (Å²) in [5.41, 5.74) is 5.83. The van der Waals surface area contributed by atoms with Gasteiger partial charge in [0.2, 0.25) is 0 Å². The molecule has 2 aromatic carbocycles. The molecule has 3 N–H and O–H groups in total. The second-order valence-corrected chi connectivity index (χ2v) is 14.0. The lowest BCUT2D eigenvalue weighted by Crippen LogP contribution is -2.28. The van der Waals surface area contributed by atoms with Gasteiger partial charge in [-0.3, -0.25) is 9.69 Å². The Hall–Kier alpha value is -4.51. The molecule has 0 aliphatic carbocycles. The lowest BCUT2D eigenvalue weighted by Gasteiger charge is -2.24. The molecule has 0 saturated carbocycles. The molecule has 9 nitrogen and oxygen atoms in total. The number of carbonyl (C=O) groups excluding carboxylic acids is 1. The van der Waals surface area contributed by atoms with E-state index in [1.54, 1.807) is 18.3 Å². The normalized spacial score (nSPS) is 10.7. The molecule has 0 atom stereocenters. The lowest BCUT2D eigenvalue weighted by molar-refractivity contribution is 0.111. The number of carbonyl (C=O) groups is 1. The summed E-state index contributed by atoms with van der Waals surface area (Å²) in [6.07, 6.45) is 14.4. The van der Waals surface area contributed by atoms with Gasteiger partial charge < -0.3 is 25.1 Å². The summed E-state index contributed by atoms with van der Waals surface area (Å²) in [6.45, 7) is 35.3. The SMILES string of the molecule is O=Cc1ccc[nH]1.[C-]#[N+]c1ccc(CN(CCCCN(CCC)CCC)Cc2ccc[nH]2)cc1.[C-]#[N+]c1ccc(CNCCCCN(CCC)CCC)cc1. The first-order valence-electron chi connectivity index (χ1n) is 20.5. The Kier molecular flexibility index (Phi) is 26.1. The van der Waals surface area contributed by atoms with Crippen molar-refractivity contribution in [2.24, 2.45) is 0 Å². The largest absolute Gasteiger partial charge is 0.364 e. The van der Waals surface area contributed by atoms with Gasteiger partial charge in [0.25, 0.3) is 0 Å². The maximum absolute atomic E-state index is 9.84. The van der Waals surface area contributed by atoms with E-state index in [1.807, 2.05) is 42.6 Å². The number of benzene rings is 2. The highest BCUT2D eigenvalue weighted by Gasteiger charge is 2.09. The van der Waals surface area contributed by atoms with Crippen molar-refractivity contribution in [3.05, 3.63) is 131 Å². The quantitative estimate of drug-likeness (QED) is 0.0357. The van der Waals surface area contributed by atoms with Crippen LogP contribution in [-0.4, -0.2) is 83.3 Å². The number of hydrogen-bond donors (Lipinski definition) is 3. The Morgan fingerprint density at radius 3 is 1.51 bits per heavy atom. The molecule has 9 heteroatoms. The van der Waals surface area contributed by atoms with Crippen molar-refractivity contribution < 1.29 is 4.79 Å². The van der Waals surface area contributed by atoms with Crippen molar-refractivity contribution >= 4 is 17.7 Å². The number of nitrogens with zero attached hydrogens (tertiary/aromatic N) is 5. The topological polar surface area (TPSA) is 79.1 Å². The number of hydrogen-bond acceptors (Lipinski definition) is 5. The molecule has 0 aliphatic heterocycles. The van der Waals surface area contributed by atoms with Gasteiger partial charge in [0.05, 0.1) is 18.8 Å². The highest BCUT2D eigenvalue weighted by molar-refractivity contribution is 5.71. The van der Waals surface area contributed by atoms with E-state index in [0.29, 0.717) is 17.1 Å². The van der Waals surface area contributed by atoms with E-state index in [0.717, 1.165) is 39.0 Å². The van der Waals surface area contributed by atoms with E-state index in [4.69, 9.17) is 13.1 Å². The molecule has 4 rings (SSSR count). The van der Waals surface area contributed by atoms with Gasteiger partial charge in [0.1, 0.15) is 0 Å². The van der Waals surface area contributed by atoms with Crippen molar-refractivity contribution in [2.45, 2.75) is 98.7 Å². The van der Waals surface area contributed by atoms with Crippen molar-refractivity contribution in [1.82, 2.24) is 30.0 Å². The highest BCUT2D eigenvalue weighted by atomic mass is 16.1. The maximum atomic E-state index is 9.84. The van der Waals surface area contributed by atoms with Crippen molar-refractivity contribution in [2.75, 3.05) is 52.4 Å². The van der Waals surface area contributed by atoms with E-state index in [9.17, 15) is 4.79 Å². The Labute approximate surface area is 333 Å². The molecule has 0 aliphatic rings. The minimum absolute atomic E-state index is 0.625. The molecule has 0 bridgehead atoms. The molecule has 0 amide bonds. The van der Waals surface area contributed by atoms with Gasteiger partial charge in [0, 0.05) is 37.7 Å². The summed E-state index contributed by atoms with van der Waals surface area (Å²) < 4.78 is 0. The number of nitrogens with one attached hydrogen (secondary N) is 3. The van der Waals surface area contributed by atoms with Crippen LogP contribution in [0, 0.1) is 13.1 Å². The number of rotatable bonds is 25. The fourth-order valence-electron chi connectivity index (χ4n) is 6.39. The smallest absolute Gasteiger partial charge is 0.187 e. The molecule has 2 heterocycles. The molecule has 2 aromatic heterocycles. The third-order valence-electron chi connectivity index (χ3n) is 9.11. The first kappa shape index (κ1) is 46.6. The summed E-state index contributed by atoms with van der Waals surface area (Å²) in [4.78, 5) is 30.4. The number of aldehydes is 1. The Morgan fingerprint density at radius 2 is 1.07 bits per heavy atom. The van der Waals surface area contributed by atoms with Crippen molar-refractivity contribution in [3.63, 3.8) is 0 Å². The fraction of sp³-hybridized carbons (Fsp3) is 0.500. The number of unbranched alkanes of at least 4 members (excludes halogenated alkanes) is 2. The van der Waals surface area contributed by atoms with E-state index >= 15 is 0 Å². The van der Waals surface area contributed by atoms with Crippen LogP contribution < -0.4 is 5.32 Å². The van der Waals surface area contributed by atoms with Crippen LogP contribution in [0.4, 0.5) is 11.4 Å². The molecule has 4 aromatic rings. The summed E-state index contributed by atoms with van der Waals surface area (Å²) in [6, 6.07) is 23.6. The molecular formula is C46H68N8O. The van der Waals surface area contributed by atoms with E-state index < -0.39 is 0 Å². The van der Waals surface area contributed by atoms with Gasteiger partial charge >= 0.3 is 0 Å². The number of H-pyrrole nitrogens is 2. The summed E-state index contributed by atoms with van der Waals surface area (Å²) in [5.74, 6) is 0. The van der Waals surface area contributed by atoms with Crippen molar-refractivity contribution in [3.8, 4) is 0 Å². The van der Waals surface area contributed by atoms with Crippen LogP contribution in [0.15, 0.2) is 85.2 Å². The second-order valence-electron chi connectivity index (χ2n) is 14.0. The van der Waals surface area contributed by atoms with Gasteiger partial charge in [-0.15, -0.1) is 0 Å². The van der Waals surface area contributed by atoms with Crippen LogP contribution in [0.2, 0.25) is 0 Å². The second kappa shape index (κ2) is 30.8. The minimum atomic E-state index is 0.625. The van der Waals surface area contributed by atoms with Crippen LogP contribution in [0.1, 0.15) is 106 Å². The summed E-state index contributed by atoms with van der Waals surface area (Å²) in [7, 11) is 0. The Morgan fingerprint density at radius 1 is 0.582 bits per heavy atom. The zero-order valence-electron chi connectivity index (χ0n) is 34.2. The molecule has 0 spiro atoms. The van der Waals surface area contributed by atoms with Gasteiger partial charge in [-0.25, -0.2) is 9.69 Å². The van der Waals surface area contributed by atoms with Crippen LogP contribution >= 0.6 is 0 Å². The third-order valence-corrected chi connectivity index (χ3v) is 9.11. The van der Waals surface area contributed by atoms with E-state index in [-0.39, 0.29) is 0 Å². The molecule has 0 radical (unpaired) electrons. The van der Waals surface area contributed by atoms with Crippen LogP contribution in [0.3, 0.4) is 0 Å². The Bertz CT molecular complexity index is 1540. The predicted molar refractivity (Wildman–Crippen MR) is 231 cm³/mol. The Balaban J connectivity index is 0.000000329. The van der Waals surface area contributed by atoms with Gasteiger partial charge in [-0.05, 0) is 139 Å². The minimum Gasteiger partial charge on any atom is -0.364 e. The average Bonchev–Trinajstić information content (AvgIpc) is 3.94. The molecule has 298 valence electrons. The zero-order chi connectivity index (χ0) is 39.8. The summed E-state index contributed by atoms with van der Waals surface area (Å²) in [5, 5.41) is 3.48. The number of aromatic nitrogens is 2. The number of aromatic amines is 2. The van der Waals surface area contributed by atoms with Gasteiger partial charge in [-0.2, -0.15) is 0 Å². The first-order chi connectivity index (χ1) is 27.0. The molecule has 55 heavy (non-hydrogen) atoms. The standard InChI is InChI=1S/C23H34N4.C18H29N3.C5H5NO/c1-4-15-26(16-5-2)17-6-7-18-27(20-23-9-8-14-25-23)19-21-10-12-22(24-3)13-11-21;1-4-13-21(14-5-2)15-7-6-12-20-16-17-8-10-18(19-3)11-9-17;7-4-5-2-1-3-6-5/h8-14,25H,4-7,15-20H2,1-2H3;8-11,20H,4-7,12-16H2,1-2H3;1-4,6H. The monoisotopic (exact) mass is 749 g/mol. The molecular weight excluding hydrogens is 681 g/mol. The highest BCUT2D eigenvalue weighted by Crippen LogP contribution is 2.16. The zero-order valence-corrected chi connectivity index (χ0v) is 34.2. The third kappa shape index (κ3) is 21.8. The van der Waals surface area contributed by atoms with Gasteiger partial charge in [-0.1, -0.05) is 76.2 Å². The molecule has 0 fully saturated rings. The average molecular weight is 749 g/mol. The predicted octanol–water partition coefficient (Wildman–Crippen LogP) is 10.5. The van der Waals surface area contributed by atoms with Gasteiger partial charge in [0.15, 0.2) is 17.7 Å². The molecule has 0 unspecified atom stereocenters. The summed E-state index contributed by atoms with van der Waals surface area (Å²) >= 11 is 0. The maximum Gasteiger partial charge on any atom is 0.187 e. The van der Waals surface area contributed by atoms with Crippen LogP contribution in [0.5, 0.6) is 0 Å². The fourth-order valence-corrected chi connectivity index (χ4v) is 6.39. The van der Waals surface area contributed by atoms with E-state index in [1.165, 1.54) is 107 Å². The lowest BCUT2D eigenvalue weighted by atomic mass is 10.1.